The Morgan fingerprint density at radius 2 is 1.62 bits per heavy atom. The van der Waals surface area contributed by atoms with Gasteiger partial charge in [-0.1, -0.05) is 48.5 Å². The van der Waals surface area contributed by atoms with Gasteiger partial charge in [0.05, 0.1) is 23.6 Å². The summed E-state index contributed by atoms with van der Waals surface area (Å²) in [7, 11) is 0. The molecule has 1 atom stereocenters. The number of para-hydroxylation sites is 1. The Morgan fingerprint density at radius 1 is 0.929 bits per heavy atom. The van der Waals surface area contributed by atoms with Gasteiger partial charge in [0.2, 0.25) is 0 Å². The van der Waals surface area contributed by atoms with E-state index in [0.29, 0.717) is 11.3 Å². The van der Waals surface area contributed by atoms with Gasteiger partial charge in [-0.15, -0.1) is 5.10 Å². The number of hydrogen-bond acceptors (Lipinski definition) is 4. The minimum Gasteiger partial charge on any atom is -0.369 e. The Hall–Kier alpha value is -4.51. The highest BCUT2D eigenvalue weighted by Crippen LogP contribution is 2.38. The average Bonchev–Trinajstić information content (AvgIpc) is 3.28. The van der Waals surface area contributed by atoms with Crippen LogP contribution in [-0.4, -0.2) is 25.1 Å². The summed E-state index contributed by atoms with van der Waals surface area (Å²) in [5, 5.41) is 3.90. The number of aromatic nitrogens is 4. The van der Waals surface area contributed by atoms with E-state index in [1.54, 1.807) is 38.1 Å². The molecule has 218 valence electrons. The summed E-state index contributed by atoms with van der Waals surface area (Å²) in [5.74, 6) is -2.76. The molecular formula is C31H28F4N4O3. The van der Waals surface area contributed by atoms with Crippen molar-refractivity contribution in [2.45, 2.75) is 52.6 Å². The molecule has 0 N–H and O–H groups in total. The summed E-state index contributed by atoms with van der Waals surface area (Å²) in [6.45, 7) is 4.81. The number of nitrogens with zero attached hydrogens (tertiary/aromatic N) is 4. The van der Waals surface area contributed by atoms with Crippen LogP contribution in [0.2, 0.25) is 0 Å². The van der Waals surface area contributed by atoms with E-state index in [2.05, 4.69) is 5.10 Å². The molecule has 0 saturated carbocycles. The molecule has 1 unspecified atom stereocenters. The van der Waals surface area contributed by atoms with Crippen LogP contribution in [0.4, 0.5) is 17.6 Å². The van der Waals surface area contributed by atoms with Crippen molar-refractivity contribution in [3.8, 4) is 11.4 Å². The summed E-state index contributed by atoms with van der Waals surface area (Å²) in [6, 6.07) is 18.0. The molecule has 42 heavy (non-hydrogen) atoms. The monoisotopic (exact) mass is 580 g/mol. The molecule has 0 radical (unpaired) electrons. The van der Waals surface area contributed by atoms with Crippen molar-refractivity contribution in [2.75, 3.05) is 0 Å². The lowest BCUT2D eigenvalue weighted by atomic mass is 9.95. The predicted molar refractivity (Wildman–Crippen MR) is 151 cm³/mol. The molecule has 5 rings (SSSR count). The molecule has 0 bridgehead atoms. The number of pyridine rings is 1. The molecule has 0 fully saturated rings. The first-order valence-corrected chi connectivity index (χ1v) is 13.3. The van der Waals surface area contributed by atoms with Crippen LogP contribution in [0.25, 0.3) is 22.1 Å². The second-order valence-electron chi connectivity index (χ2n) is 9.99. The van der Waals surface area contributed by atoms with Crippen LogP contribution in [0, 0.1) is 12.7 Å². The van der Waals surface area contributed by atoms with Crippen LogP contribution in [0.15, 0.2) is 82.5 Å². The molecule has 0 saturated heterocycles. The lowest BCUT2D eigenvalue weighted by Gasteiger charge is -2.21. The highest BCUT2D eigenvalue weighted by Gasteiger charge is 2.39. The molecule has 11 heteroatoms. The first-order chi connectivity index (χ1) is 20.0. The first-order valence-electron chi connectivity index (χ1n) is 13.3. The third-order valence-corrected chi connectivity index (χ3v) is 7.27. The molecule has 2 aromatic heterocycles. The fourth-order valence-electron chi connectivity index (χ4n) is 4.92. The van der Waals surface area contributed by atoms with Gasteiger partial charge >= 0.3 is 11.9 Å². The fourth-order valence-corrected chi connectivity index (χ4v) is 4.92. The van der Waals surface area contributed by atoms with Crippen molar-refractivity contribution >= 4 is 10.8 Å². The topological polar surface area (TPSA) is 71.0 Å². The number of alkyl halides is 3. The van der Waals surface area contributed by atoms with Crippen molar-refractivity contribution in [3.63, 3.8) is 0 Å². The van der Waals surface area contributed by atoms with E-state index in [1.807, 2.05) is 30.3 Å². The van der Waals surface area contributed by atoms with Crippen molar-refractivity contribution in [1.82, 2.24) is 18.9 Å². The molecule has 0 aliphatic carbocycles. The molecule has 5 aromatic rings. The van der Waals surface area contributed by atoms with Crippen LogP contribution >= 0.6 is 0 Å². The zero-order chi connectivity index (χ0) is 30.2. The van der Waals surface area contributed by atoms with Gasteiger partial charge < -0.3 is 4.74 Å². The highest BCUT2D eigenvalue weighted by atomic mass is 19.4. The molecule has 0 aliphatic rings. The Bertz CT molecular complexity index is 1870. The first kappa shape index (κ1) is 29.0. The standard InChI is InChI=1S/C31H28F4N4O3/c1-4-37-28(18-42-17-21-11-6-5-7-12-21)36-39(30(37)41)27-15-22-23(14-25(27)32)29(40)38(26-13-9-8-10-19(26)2)16-24(22)20(3)31(33,34)35/h5-16,20H,4,17-18H2,1-3H3. The Kier molecular flexibility index (Phi) is 7.87. The molecule has 7 nitrogen and oxygen atoms in total. The van der Waals surface area contributed by atoms with E-state index in [1.165, 1.54) is 4.57 Å². The normalized spacial score (nSPS) is 12.6. The number of ether oxygens (including phenoxy) is 1. The second-order valence-corrected chi connectivity index (χ2v) is 9.99. The van der Waals surface area contributed by atoms with Crippen LogP contribution in [0.5, 0.6) is 0 Å². The van der Waals surface area contributed by atoms with Gasteiger partial charge in [-0.2, -0.15) is 17.9 Å². The number of benzene rings is 3. The SMILES string of the molecule is CCn1c(COCc2ccccc2)nn(-c2cc3c(C(C)C(F)(F)F)cn(-c4ccccc4C)c(=O)c3cc2F)c1=O. The third-order valence-electron chi connectivity index (χ3n) is 7.27. The predicted octanol–water partition coefficient (Wildman–Crippen LogP) is 6.19. The zero-order valence-corrected chi connectivity index (χ0v) is 23.2. The van der Waals surface area contributed by atoms with E-state index >= 15 is 4.39 Å². The minimum atomic E-state index is -4.65. The van der Waals surface area contributed by atoms with Gasteiger partial charge in [-0.25, -0.2) is 9.18 Å². The van der Waals surface area contributed by atoms with Crippen LogP contribution in [-0.2, 0) is 24.5 Å². The summed E-state index contributed by atoms with van der Waals surface area (Å²) in [5.41, 5.74) is -0.0471. The summed E-state index contributed by atoms with van der Waals surface area (Å²) in [4.78, 5) is 26.8. The van der Waals surface area contributed by atoms with Crippen LogP contribution < -0.4 is 11.2 Å². The quantitative estimate of drug-likeness (QED) is 0.205. The summed E-state index contributed by atoms with van der Waals surface area (Å²) < 4.78 is 66.7. The van der Waals surface area contributed by atoms with Gasteiger partial charge in [0.15, 0.2) is 5.82 Å². The van der Waals surface area contributed by atoms with Gasteiger partial charge in [0.1, 0.15) is 18.1 Å². The van der Waals surface area contributed by atoms with Gasteiger partial charge in [-0.05, 0) is 61.0 Å². The number of fused-ring (bicyclic) bond motifs is 1. The maximum Gasteiger partial charge on any atom is 0.395 e. The van der Waals surface area contributed by atoms with E-state index in [4.69, 9.17) is 4.74 Å². The number of rotatable bonds is 8. The zero-order valence-electron chi connectivity index (χ0n) is 23.2. The van der Waals surface area contributed by atoms with E-state index < -0.39 is 29.2 Å². The average molecular weight is 581 g/mol. The van der Waals surface area contributed by atoms with E-state index in [0.717, 1.165) is 40.1 Å². The molecular weight excluding hydrogens is 552 g/mol. The number of halogens is 4. The van der Waals surface area contributed by atoms with Gasteiger partial charge in [0, 0.05) is 12.7 Å². The summed E-state index contributed by atoms with van der Waals surface area (Å²) in [6.07, 6.45) is -3.51. The van der Waals surface area contributed by atoms with Crippen molar-refractivity contribution in [3.05, 3.63) is 122 Å². The second kappa shape index (κ2) is 11.4. The minimum absolute atomic E-state index is 0.0579. The van der Waals surface area contributed by atoms with Crippen molar-refractivity contribution in [1.29, 1.82) is 0 Å². The fraction of sp³-hybridized carbons (Fsp3) is 0.258. The third kappa shape index (κ3) is 5.39. The number of hydrogen-bond donors (Lipinski definition) is 0. The highest BCUT2D eigenvalue weighted by molar-refractivity contribution is 5.88. The molecule has 0 aliphatic heterocycles. The van der Waals surface area contributed by atoms with Crippen molar-refractivity contribution < 1.29 is 22.3 Å². The lowest BCUT2D eigenvalue weighted by Crippen LogP contribution is -2.26. The largest absolute Gasteiger partial charge is 0.395 e. The Balaban J connectivity index is 1.66. The number of aryl methyl sites for hydroxylation is 1. The summed E-state index contributed by atoms with van der Waals surface area (Å²) >= 11 is 0. The van der Waals surface area contributed by atoms with Crippen molar-refractivity contribution in [2.24, 2.45) is 0 Å². The van der Waals surface area contributed by atoms with Gasteiger partial charge in [0.25, 0.3) is 5.56 Å². The molecule has 0 spiro atoms. The van der Waals surface area contributed by atoms with E-state index in [9.17, 15) is 22.8 Å². The lowest BCUT2D eigenvalue weighted by molar-refractivity contribution is -0.146. The molecule has 3 aromatic carbocycles. The smallest absolute Gasteiger partial charge is 0.369 e. The Labute approximate surface area is 238 Å². The Morgan fingerprint density at radius 3 is 2.29 bits per heavy atom. The molecule has 0 amide bonds. The van der Waals surface area contributed by atoms with Crippen LogP contribution in [0.3, 0.4) is 0 Å². The molecule has 2 heterocycles. The van der Waals surface area contributed by atoms with E-state index in [-0.39, 0.29) is 47.6 Å². The maximum absolute atomic E-state index is 15.7. The van der Waals surface area contributed by atoms with Crippen LogP contribution in [0.1, 0.15) is 42.3 Å². The van der Waals surface area contributed by atoms with Gasteiger partial charge in [-0.3, -0.25) is 13.9 Å². The maximum atomic E-state index is 15.7.